The number of fused-ring (bicyclic) bond motifs is 2. The van der Waals surface area contributed by atoms with Crippen LogP contribution in [0.25, 0.3) is 0 Å². The summed E-state index contributed by atoms with van der Waals surface area (Å²) in [6.45, 7) is 2.05. The van der Waals surface area contributed by atoms with Crippen molar-refractivity contribution in [2.75, 3.05) is 31.7 Å². The Balaban J connectivity index is 1.53. The second kappa shape index (κ2) is 5.72. The van der Waals surface area contributed by atoms with Crippen molar-refractivity contribution in [3.05, 3.63) is 42.0 Å². The number of hydrogen-bond acceptors (Lipinski definition) is 5. The molecule has 0 atom stereocenters. The molecule has 1 amide bonds. The van der Waals surface area contributed by atoms with Crippen molar-refractivity contribution >= 4 is 11.6 Å². The van der Waals surface area contributed by atoms with Crippen LogP contribution in [-0.4, -0.2) is 32.3 Å². The molecule has 0 bridgehead atoms. The highest BCUT2D eigenvalue weighted by Crippen LogP contribution is 2.33. The minimum absolute atomic E-state index is 0.223. The topological polar surface area (TPSA) is 66.0 Å². The van der Waals surface area contributed by atoms with Gasteiger partial charge in [0.25, 0.3) is 5.91 Å². The molecule has 2 aliphatic rings. The molecule has 2 aromatic carbocycles. The molecule has 23 heavy (non-hydrogen) atoms. The molecular weight excluding hydrogens is 298 g/mol. The van der Waals surface area contributed by atoms with Crippen molar-refractivity contribution in [1.29, 1.82) is 0 Å². The van der Waals surface area contributed by atoms with Crippen LogP contribution in [0, 0.1) is 0 Å². The molecule has 0 saturated carbocycles. The largest absolute Gasteiger partial charge is 0.486 e. The number of hydrogen-bond donors (Lipinski definition) is 1. The lowest BCUT2D eigenvalue weighted by atomic mass is 10.1. The number of ether oxygens (including phenoxy) is 4. The molecule has 0 fully saturated rings. The predicted molar refractivity (Wildman–Crippen MR) is 82.8 cm³/mol. The molecule has 1 N–H and O–H groups in total. The summed E-state index contributed by atoms with van der Waals surface area (Å²) in [5.41, 5.74) is 1.15. The normalized spacial score (nSPS) is 15.0. The number of carbonyl (C=O) groups excluding carboxylic acids is 1. The van der Waals surface area contributed by atoms with Gasteiger partial charge >= 0.3 is 0 Å². The molecule has 4 rings (SSSR count). The molecule has 0 spiro atoms. The standard InChI is InChI=1S/C17H15NO5/c19-17(11-1-3-13-15(9-11)22-7-5-20-13)18-12-2-4-14-16(10-12)23-8-6-21-14/h1-4,9-10H,5-8H2,(H,18,19). The molecule has 0 aliphatic carbocycles. The molecule has 2 aliphatic heterocycles. The van der Waals surface area contributed by atoms with Gasteiger partial charge < -0.3 is 24.3 Å². The van der Waals surface area contributed by atoms with Crippen LogP contribution in [0.15, 0.2) is 36.4 Å². The Hall–Kier alpha value is -2.89. The molecule has 2 aromatic rings. The Morgan fingerprint density at radius 3 is 2.00 bits per heavy atom. The van der Waals surface area contributed by atoms with E-state index in [1.807, 2.05) is 0 Å². The number of anilines is 1. The molecule has 118 valence electrons. The van der Waals surface area contributed by atoms with Crippen LogP contribution < -0.4 is 24.3 Å². The van der Waals surface area contributed by atoms with Gasteiger partial charge in [0.2, 0.25) is 0 Å². The van der Waals surface area contributed by atoms with E-state index in [4.69, 9.17) is 18.9 Å². The Bertz CT molecular complexity index is 759. The van der Waals surface area contributed by atoms with Gasteiger partial charge in [-0.3, -0.25) is 4.79 Å². The Morgan fingerprint density at radius 2 is 1.30 bits per heavy atom. The summed E-state index contributed by atoms with van der Waals surface area (Å²) in [5, 5.41) is 2.84. The Morgan fingerprint density at radius 1 is 0.739 bits per heavy atom. The van der Waals surface area contributed by atoms with E-state index >= 15 is 0 Å². The maximum Gasteiger partial charge on any atom is 0.255 e. The highest BCUT2D eigenvalue weighted by atomic mass is 16.6. The maximum atomic E-state index is 12.4. The number of amides is 1. The fraction of sp³-hybridized carbons (Fsp3) is 0.235. The van der Waals surface area contributed by atoms with Crippen molar-refractivity contribution in [2.24, 2.45) is 0 Å². The second-order valence-electron chi connectivity index (χ2n) is 5.17. The van der Waals surface area contributed by atoms with Crippen molar-refractivity contribution in [3.8, 4) is 23.0 Å². The second-order valence-corrected chi connectivity index (χ2v) is 5.17. The molecule has 0 radical (unpaired) electrons. The van der Waals surface area contributed by atoms with Gasteiger partial charge in [-0.1, -0.05) is 0 Å². The summed E-state index contributed by atoms with van der Waals surface area (Å²) in [4.78, 5) is 12.4. The zero-order valence-corrected chi connectivity index (χ0v) is 12.3. The quantitative estimate of drug-likeness (QED) is 0.922. The van der Waals surface area contributed by atoms with Gasteiger partial charge in [0, 0.05) is 17.3 Å². The fourth-order valence-corrected chi connectivity index (χ4v) is 2.51. The summed E-state index contributed by atoms with van der Waals surface area (Å²) in [6, 6.07) is 10.5. The van der Waals surface area contributed by atoms with Crippen molar-refractivity contribution < 1.29 is 23.7 Å². The van der Waals surface area contributed by atoms with E-state index in [0.29, 0.717) is 60.7 Å². The molecular formula is C17H15NO5. The summed E-state index contributed by atoms with van der Waals surface area (Å²) in [7, 11) is 0. The molecule has 0 unspecified atom stereocenters. The van der Waals surface area contributed by atoms with E-state index in [9.17, 15) is 4.79 Å². The van der Waals surface area contributed by atoms with Crippen molar-refractivity contribution in [1.82, 2.24) is 0 Å². The summed E-state index contributed by atoms with van der Waals surface area (Å²) >= 11 is 0. The highest BCUT2D eigenvalue weighted by Gasteiger charge is 2.16. The Kier molecular flexibility index (Phi) is 3.42. The zero-order valence-electron chi connectivity index (χ0n) is 12.3. The third-order valence-corrected chi connectivity index (χ3v) is 3.60. The van der Waals surface area contributed by atoms with Crippen LogP contribution in [0.5, 0.6) is 23.0 Å². The van der Waals surface area contributed by atoms with Crippen LogP contribution in [0.2, 0.25) is 0 Å². The number of carbonyl (C=O) groups is 1. The van der Waals surface area contributed by atoms with Crippen LogP contribution in [0.4, 0.5) is 5.69 Å². The molecule has 6 heteroatoms. The SMILES string of the molecule is O=C(Nc1ccc2c(c1)OCCO2)c1ccc2c(c1)OCCO2. The van der Waals surface area contributed by atoms with E-state index in [1.54, 1.807) is 36.4 Å². The van der Waals surface area contributed by atoms with Gasteiger partial charge in [0.1, 0.15) is 26.4 Å². The maximum absolute atomic E-state index is 12.4. The zero-order chi connectivity index (χ0) is 15.6. The van der Waals surface area contributed by atoms with Crippen molar-refractivity contribution in [3.63, 3.8) is 0 Å². The first-order valence-electron chi connectivity index (χ1n) is 7.40. The van der Waals surface area contributed by atoms with Gasteiger partial charge in [-0.25, -0.2) is 0 Å². The van der Waals surface area contributed by atoms with Gasteiger partial charge in [-0.2, -0.15) is 0 Å². The van der Waals surface area contributed by atoms with Gasteiger partial charge in [0.05, 0.1) is 0 Å². The lowest BCUT2D eigenvalue weighted by Crippen LogP contribution is -2.18. The number of nitrogens with one attached hydrogen (secondary N) is 1. The van der Waals surface area contributed by atoms with Crippen molar-refractivity contribution in [2.45, 2.75) is 0 Å². The van der Waals surface area contributed by atoms with Gasteiger partial charge in [0.15, 0.2) is 23.0 Å². The van der Waals surface area contributed by atoms with E-state index in [0.717, 1.165) is 0 Å². The van der Waals surface area contributed by atoms with E-state index < -0.39 is 0 Å². The third kappa shape index (κ3) is 2.75. The lowest BCUT2D eigenvalue weighted by Gasteiger charge is -2.19. The number of rotatable bonds is 2. The summed E-state index contributed by atoms with van der Waals surface area (Å²) in [6.07, 6.45) is 0. The Labute approximate surface area is 132 Å². The molecule has 6 nitrogen and oxygen atoms in total. The van der Waals surface area contributed by atoms with E-state index in [1.165, 1.54) is 0 Å². The third-order valence-electron chi connectivity index (χ3n) is 3.60. The molecule has 0 aromatic heterocycles. The molecule has 2 heterocycles. The summed E-state index contributed by atoms with van der Waals surface area (Å²) < 4.78 is 21.9. The average Bonchev–Trinajstić information content (AvgIpc) is 2.61. The molecule has 0 saturated heterocycles. The van der Waals surface area contributed by atoms with Crippen LogP contribution >= 0.6 is 0 Å². The predicted octanol–water partition coefficient (Wildman–Crippen LogP) is 2.48. The van der Waals surface area contributed by atoms with E-state index in [2.05, 4.69) is 5.32 Å². The van der Waals surface area contributed by atoms with Gasteiger partial charge in [-0.05, 0) is 30.3 Å². The first-order valence-corrected chi connectivity index (χ1v) is 7.40. The van der Waals surface area contributed by atoms with Gasteiger partial charge in [-0.15, -0.1) is 0 Å². The lowest BCUT2D eigenvalue weighted by molar-refractivity contribution is 0.102. The van der Waals surface area contributed by atoms with Crippen LogP contribution in [-0.2, 0) is 0 Å². The average molecular weight is 313 g/mol. The first kappa shape index (κ1) is 13.8. The van der Waals surface area contributed by atoms with Crippen LogP contribution in [0.3, 0.4) is 0 Å². The fourth-order valence-electron chi connectivity index (χ4n) is 2.51. The minimum atomic E-state index is -0.223. The minimum Gasteiger partial charge on any atom is -0.486 e. The van der Waals surface area contributed by atoms with E-state index in [-0.39, 0.29) is 5.91 Å². The smallest absolute Gasteiger partial charge is 0.255 e. The first-order chi connectivity index (χ1) is 11.3. The van der Waals surface area contributed by atoms with Crippen LogP contribution in [0.1, 0.15) is 10.4 Å². The summed E-state index contributed by atoms with van der Waals surface area (Å²) in [5.74, 6) is 2.35. The highest BCUT2D eigenvalue weighted by molar-refractivity contribution is 6.04. The number of benzene rings is 2. The monoisotopic (exact) mass is 313 g/mol.